The molecule has 4 rings (SSSR count). The fourth-order valence-electron chi connectivity index (χ4n) is 3.25. The number of carbonyl (C=O) groups excluding carboxylic acids is 1. The van der Waals surface area contributed by atoms with Crippen molar-refractivity contribution < 1.29 is 4.79 Å². The van der Waals surface area contributed by atoms with E-state index in [2.05, 4.69) is 16.0 Å². The largest absolute Gasteiger partial charge is 0.338 e. The summed E-state index contributed by atoms with van der Waals surface area (Å²) < 4.78 is 0. The number of aromatic nitrogens is 3. The van der Waals surface area contributed by atoms with Crippen molar-refractivity contribution in [2.75, 3.05) is 13.1 Å². The molecule has 1 aliphatic heterocycles. The molecule has 1 fully saturated rings. The van der Waals surface area contributed by atoms with E-state index in [9.17, 15) is 4.79 Å². The summed E-state index contributed by atoms with van der Waals surface area (Å²) in [6.45, 7) is 3.37. The number of halogens is 1. The number of thiazole rings is 1. The van der Waals surface area contributed by atoms with Crippen LogP contribution in [0.3, 0.4) is 0 Å². The molecule has 25 heavy (non-hydrogen) atoms. The third-order valence-electron chi connectivity index (χ3n) is 4.67. The molecule has 1 amide bonds. The van der Waals surface area contributed by atoms with E-state index in [-0.39, 0.29) is 5.91 Å². The smallest absolute Gasteiger partial charge is 0.265 e. The van der Waals surface area contributed by atoms with Crippen molar-refractivity contribution in [2.45, 2.75) is 25.7 Å². The van der Waals surface area contributed by atoms with E-state index in [1.807, 2.05) is 24.0 Å². The molecular weight excluding hydrogens is 356 g/mol. The predicted octanol–water partition coefficient (Wildman–Crippen LogP) is 4.07. The maximum Gasteiger partial charge on any atom is 0.265 e. The van der Waals surface area contributed by atoms with Crippen LogP contribution in [-0.2, 0) is 0 Å². The molecule has 7 heteroatoms. The molecule has 5 nitrogen and oxygen atoms in total. The number of hydrogen-bond donors (Lipinski definition) is 0. The fraction of sp³-hybridized carbons (Fsp3) is 0.333. The van der Waals surface area contributed by atoms with Crippen LogP contribution in [0, 0.1) is 6.92 Å². The van der Waals surface area contributed by atoms with Gasteiger partial charge in [-0.2, -0.15) is 0 Å². The first kappa shape index (κ1) is 16.4. The average molecular weight is 373 g/mol. The Hall–Kier alpha value is -2.05. The Labute approximate surface area is 154 Å². The molecule has 3 aromatic heterocycles. The van der Waals surface area contributed by atoms with Crippen molar-refractivity contribution in [3.05, 3.63) is 51.2 Å². The molecule has 0 bridgehead atoms. The number of likely N-dealkylation sites (tertiary alicyclic amines) is 1. The maximum atomic E-state index is 12.6. The zero-order valence-electron chi connectivity index (χ0n) is 13.8. The molecule has 4 heterocycles. The molecule has 3 aromatic rings. The molecule has 0 atom stereocenters. The van der Waals surface area contributed by atoms with Crippen LogP contribution in [0.15, 0.2) is 29.9 Å². The molecule has 128 valence electrons. The highest BCUT2D eigenvalue weighted by molar-refractivity contribution is 7.11. The van der Waals surface area contributed by atoms with Crippen molar-refractivity contribution in [3.63, 3.8) is 0 Å². The van der Waals surface area contributed by atoms with Gasteiger partial charge in [-0.15, -0.1) is 11.3 Å². The number of amides is 1. The summed E-state index contributed by atoms with van der Waals surface area (Å²) in [6, 6.07) is 5.95. The second-order valence-electron chi connectivity index (χ2n) is 6.27. The summed E-state index contributed by atoms with van der Waals surface area (Å²) in [5.41, 5.74) is 4.32. The van der Waals surface area contributed by atoms with Gasteiger partial charge in [-0.25, -0.2) is 15.0 Å². The van der Waals surface area contributed by atoms with Gasteiger partial charge in [-0.1, -0.05) is 11.6 Å². The minimum atomic E-state index is 0.0984. The van der Waals surface area contributed by atoms with E-state index < -0.39 is 0 Å². The van der Waals surface area contributed by atoms with Crippen LogP contribution in [0.5, 0.6) is 0 Å². The molecule has 0 unspecified atom stereocenters. The topological polar surface area (TPSA) is 59.0 Å². The summed E-state index contributed by atoms with van der Waals surface area (Å²) in [5.74, 6) is 0.453. The van der Waals surface area contributed by atoms with Gasteiger partial charge in [0.15, 0.2) is 5.65 Å². The molecule has 0 saturated carbocycles. The SMILES string of the molecule is Cc1ncsc1C(=O)N1CCC(c2ccc3cc(Cl)cnc3n2)CC1. The lowest BCUT2D eigenvalue weighted by Gasteiger charge is -2.31. The predicted molar refractivity (Wildman–Crippen MR) is 99.3 cm³/mol. The van der Waals surface area contributed by atoms with Crippen LogP contribution in [0.4, 0.5) is 0 Å². The van der Waals surface area contributed by atoms with Crippen molar-refractivity contribution in [1.82, 2.24) is 19.9 Å². The van der Waals surface area contributed by atoms with E-state index in [1.165, 1.54) is 11.3 Å². The third kappa shape index (κ3) is 3.24. The zero-order chi connectivity index (χ0) is 17.4. The van der Waals surface area contributed by atoms with E-state index in [4.69, 9.17) is 16.6 Å². The molecule has 0 aliphatic carbocycles. The van der Waals surface area contributed by atoms with E-state index >= 15 is 0 Å². The van der Waals surface area contributed by atoms with E-state index in [1.54, 1.807) is 11.7 Å². The first-order chi connectivity index (χ1) is 12.1. The number of aryl methyl sites for hydroxylation is 1. The first-order valence-corrected chi connectivity index (χ1v) is 9.49. The van der Waals surface area contributed by atoms with Crippen LogP contribution in [0.2, 0.25) is 5.02 Å². The summed E-state index contributed by atoms with van der Waals surface area (Å²) >= 11 is 7.39. The van der Waals surface area contributed by atoms with Gasteiger partial charge in [0.25, 0.3) is 5.91 Å². The molecule has 1 aliphatic rings. The van der Waals surface area contributed by atoms with Crippen molar-refractivity contribution in [2.24, 2.45) is 0 Å². The van der Waals surface area contributed by atoms with Crippen LogP contribution < -0.4 is 0 Å². The highest BCUT2D eigenvalue weighted by atomic mass is 35.5. The number of fused-ring (bicyclic) bond motifs is 1. The number of carbonyl (C=O) groups is 1. The highest BCUT2D eigenvalue weighted by Gasteiger charge is 2.27. The van der Waals surface area contributed by atoms with Crippen molar-refractivity contribution in [3.8, 4) is 0 Å². The van der Waals surface area contributed by atoms with E-state index in [0.717, 1.165) is 53.2 Å². The van der Waals surface area contributed by atoms with Crippen molar-refractivity contribution >= 4 is 39.9 Å². The number of rotatable bonds is 2. The number of pyridine rings is 2. The quantitative estimate of drug-likeness (QED) is 0.680. The lowest BCUT2D eigenvalue weighted by Crippen LogP contribution is -2.38. The maximum absolute atomic E-state index is 12.6. The molecule has 0 aromatic carbocycles. The lowest BCUT2D eigenvalue weighted by molar-refractivity contribution is 0.0716. The Kier molecular flexibility index (Phi) is 4.39. The summed E-state index contributed by atoms with van der Waals surface area (Å²) in [4.78, 5) is 28.4. The molecule has 0 radical (unpaired) electrons. The summed E-state index contributed by atoms with van der Waals surface area (Å²) in [6.07, 6.45) is 3.45. The van der Waals surface area contributed by atoms with Crippen LogP contribution in [0.1, 0.15) is 39.8 Å². The van der Waals surface area contributed by atoms with Gasteiger partial charge in [0.05, 0.1) is 16.2 Å². The summed E-state index contributed by atoms with van der Waals surface area (Å²) in [7, 11) is 0. The lowest BCUT2D eigenvalue weighted by atomic mass is 9.92. The average Bonchev–Trinajstić information content (AvgIpc) is 3.07. The van der Waals surface area contributed by atoms with Gasteiger partial charge in [0, 0.05) is 36.3 Å². The van der Waals surface area contributed by atoms with Gasteiger partial charge in [0.2, 0.25) is 0 Å². The normalized spacial score (nSPS) is 15.7. The highest BCUT2D eigenvalue weighted by Crippen LogP contribution is 2.29. The Morgan fingerprint density at radius 3 is 2.80 bits per heavy atom. The molecule has 0 N–H and O–H groups in total. The second kappa shape index (κ2) is 6.69. The summed E-state index contributed by atoms with van der Waals surface area (Å²) in [5, 5.41) is 1.57. The Morgan fingerprint density at radius 2 is 2.08 bits per heavy atom. The van der Waals surface area contributed by atoms with Crippen LogP contribution in [-0.4, -0.2) is 38.8 Å². The fourth-order valence-corrected chi connectivity index (χ4v) is 4.19. The van der Waals surface area contributed by atoms with Gasteiger partial charge >= 0.3 is 0 Å². The number of nitrogens with zero attached hydrogens (tertiary/aromatic N) is 4. The Bertz CT molecular complexity index is 934. The van der Waals surface area contributed by atoms with Crippen LogP contribution >= 0.6 is 22.9 Å². The monoisotopic (exact) mass is 372 g/mol. The van der Waals surface area contributed by atoms with Gasteiger partial charge in [0.1, 0.15) is 4.88 Å². The minimum absolute atomic E-state index is 0.0984. The Balaban J connectivity index is 1.47. The minimum Gasteiger partial charge on any atom is -0.338 e. The van der Waals surface area contributed by atoms with Crippen molar-refractivity contribution in [1.29, 1.82) is 0 Å². The van der Waals surface area contributed by atoms with Gasteiger partial charge < -0.3 is 4.90 Å². The Morgan fingerprint density at radius 1 is 1.28 bits per heavy atom. The van der Waals surface area contributed by atoms with E-state index in [0.29, 0.717) is 10.9 Å². The number of hydrogen-bond acceptors (Lipinski definition) is 5. The van der Waals surface area contributed by atoms with Gasteiger partial charge in [-0.05, 0) is 38.0 Å². The molecule has 0 spiro atoms. The number of piperidine rings is 1. The second-order valence-corrected chi connectivity index (χ2v) is 7.56. The van der Waals surface area contributed by atoms with Gasteiger partial charge in [-0.3, -0.25) is 4.79 Å². The first-order valence-electron chi connectivity index (χ1n) is 8.23. The molecule has 1 saturated heterocycles. The molecular formula is C18H17ClN4OS. The standard InChI is InChI=1S/C18H17ClN4OS/c1-11-16(25-10-21-11)18(24)23-6-4-12(5-7-23)15-3-2-13-8-14(19)9-20-17(13)22-15/h2-3,8-10,12H,4-7H2,1H3. The third-order valence-corrected chi connectivity index (χ3v) is 5.79. The van der Waals surface area contributed by atoms with Crippen LogP contribution in [0.25, 0.3) is 11.0 Å². The zero-order valence-corrected chi connectivity index (χ0v) is 15.3.